The van der Waals surface area contributed by atoms with Gasteiger partial charge in [0.1, 0.15) is 0 Å². The van der Waals surface area contributed by atoms with Crippen LogP contribution in [0.4, 0.5) is 13.2 Å². The van der Waals surface area contributed by atoms with E-state index in [1.165, 1.54) is 6.07 Å². The number of benzene rings is 1. The smallest absolute Gasteiger partial charge is 0.324 e. The number of hydrogen-bond donors (Lipinski definition) is 1. The molecule has 1 rings (SSSR count). The molecule has 0 heterocycles. The molecule has 0 aliphatic heterocycles. The fourth-order valence-electron chi connectivity index (χ4n) is 1.28. The Labute approximate surface area is 101 Å². The van der Waals surface area contributed by atoms with Crippen molar-refractivity contribution in [3.63, 3.8) is 0 Å². The van der Waals surface area contributed by atoms with E-state index in [-0.39, 0.29) is 6.42 Å². The molecule has 0 amide bonds. The van der Waals surface area contributed by atoms with E-state index >= 15 is 0 Å². The van der Waals surface area contributed by atoms with Gasteiger partial charge in [0.2, 0.25) is 0 Å². The Balaban J connectivity index is 2.70. The predicted octanol–water partition coefficient (Wildman–Crippen LogP) is 4.34. The molecule has 2 N–H and O–H groups in total. The van der Waals surface area contributed by atoms with Crippen molar-refractivity contribution in [2.75, 3.05) is 0 Å². The first-order chi connectivity index (χ1) is 7.29. The van der Waals surface area contributed by atoms with E-state index in [2.05, 4.69) is 0 Å². The SMILES string of the molecule is N[C@@H](CCC(F)(F)F)c1ccc(Cl)cc1Cl. The van der Waals surface area contributed by atoms with E-state index in [1.54, 1.807) is 12.1 Å². The van der Waals surface area contributed by atoms with E-state index in [1.807, 2.05) is 0 Å². The van der Waals surface area contributed by atoms with Gasteiger partial charge in [-0.25, -0.2) is 0 Å². The lowest BCUT2D eigenvalue weighted by molar-refractivity contribution is -0.136. The molecule has 0 aliphatic rings. The Morgan fingerprint density at radius 1 is 1.25 bits per heavy atom. The molecule has 1 aromatic rings. The van der Waals surface area contributed by atoms with Gasteiger partial charge >= 0.3 is 6.18 Å². The summed E-state index contributed by atoms with van der Waals surface area (Å²) in [4.78, 5) is 0. The van der Waals surface area contributed by atoms with Gasteiger partial charge in [-0.3, -0.25) is 0 Å². The zero-order valence-corrected chi connectivity index (χ0v) is 9.70. The third-order valence-electron chi connectivity index (χ3n) is 2.10. The largest absolute Gasteiger partial charge is 0.389 e. The summed E-state index contributed by atoms with van der Waals surface area (Å²) in [5, 5.41) is 0.721. The fourth-order valence-corrected chi connectivity index (χ4v) is 1.83. The molecular weight excluding hydrogens is 262 g/mol. The van der Waals surface area contributed by atoms with Crippen LogP contribution in [0.25, 0.3) is 0 Å². The van der Waals surface area contributed by atoms with Crippen molar-refractivity contribution in [2.24, 2.45) is 5.73 Å². The maximum Gasteiger partial charge on any atom is 0.389 e. The fraction of sp³-hybridized carbons (Fsp3) is 0.400. The minimum absolute atomic E-state index is 0.190. The highest BCUT2D eigenvalue weighted by atomic mass is 35.5. The topological polar surface area (TPSA) is 26.0 Å². The number of halogens is 5. The van der Waals surface area contributed by atoms with Gasteiger partial charge in [0.15, 0.2) is 0 Å². The van der Waals surface area contributed by atoms with Crippen molar-refractivity contribution in [3.8, 4) is 0 Å². The molecule has 0 radical (unpaired) electrons. The predicted molar refractivity (Wildman–Crippen MR) is 58.7 cm³/mol. The van der Waals surface area contributed by atoms with Crippen LogP contribution < -0.4 is 5.73 Å². The molecule has 1 aromatic carbocycles. The van der Waals surface area contributed by atoms with Crippen LogP contribution in [0, 0.1) is 0 Å². The molecule has 0 saturated heterocycles. The van der Waals surface area contributed by atoms with Gasteiger partial charge in [-0.2, -0.15) is 13.2 Å². The molecule has 90 valence electrons. The molecule has 0 unspecified atom stereocenters. The molecule has 0 aliphatic carbocycles. The van der Waals surface area contributed by atoms with Gasteiger partial charge in [0, 0.05) is 22.5 Å². The normalized spacial score (nSPS) is 13.9. The van der Waals surface area contributed by atoms with Gasteiger partial charge in [0.05, 0.1) is 0 Å². The molecule has 0 spiro atoms. The first kappa shape index (κ1) is 13.6. The Kier molecular flexibility index (Phi) is 4.47. The van der Waals surface area contributed by atoms with Crippen molar-refractivity contribution in [1.82, 2.24) is 0 Å². The summed E-state index contributed by atoms with van der Waals surface area (Å²) in [7, 11) is 0. The quantitative estimate of drug-likeness (QED) is 0.870. The van der Waals surface area contributed by atoms with E-state index < -0.39 is 18.6 Å². The number of rotatable bonds is 3. The summed E-state index contributed by atoms with van der Waals surface area (Å²) < 4.78 is 36.0. The molecule has 1 atom stereocenters. The van der Waals surface area contributed by atoms with Crippen LogP contribution >= 0.6 is 23.2 Å². The van der Waals surface area contributed by atoms with Gasteiger partial charge in [-0.15, -0.1) is 0 Å². The Bertz CT molecular complexity index is 366. The second-order valence-corrected chi connectivity index (χ2v) is 4.27. The highest BCUT2D eigenvalue weighted by Crippen LogP contribution is 2.30. The lowest BCUT2D eigenvalue weighted by Gasteiger charge is -2.15. The number of alkyl halides is 3. The first-order valence-electron chi connectivity index (χ1n) is 4.57. The van der Waals surface area contributed by atoms with E-state index in [0.717, 1.165) is 0 Å². The van der Waals surface area contributed by atoms with E-state index in [4.69, 9.17) is 28.9 Å². The summed E-state index contributed by atoms with van der Waals surface area (Å²) in [5.74, 6) is 0. The van der Waals surface area contributed by atoms with Crippen molar-refractivity contribution in [3.05, 3.63) is 33.8 Å². The van der Waals surface area contributed by atoms with Crippen LogP contribution in [-0.4, -0.2) is 6.18 Å². The van der Waals surface area contributed by atoms with E-state index in [9.17, 15) is 13.2 Å². The number of hydrogen-bond acceptors (Lipinski definition) is 1. The van der Waals surface area contributed by atoms with Crippen LogP contribution in [0.2, 0.25) is 10.0 Å². The average molecular weight is 272 g/mol. The average Bonchev–Trinajstić information content (AvgIpc) is 2.13. The first-order valence-corrected chi connectivity index (χ1v) is 5.32. The third kappa shape index (κ3) is 4.20. The second-order valence-electron chi connectivity index (χ2n) is 3.43. The molecule has 0 saturated carbocycles. The summed E-state index contributed by atoms with van der Waals surface area (Å²) >= 11 is 11.5. The zero-order chi connectivity index (χ0) is 12.3. The lowest BCUT2D eigenvalue weighted by Crippen LogP contribution is -2.16. The Hall–Kier alpha value is -0.450. The Morgan fingerprint density at radius 2 is 1.88 bits per heavy atom. The lowest BCUT2D eigenvalue weighted by atomic mass is 10.0. The molecule has 0 fully saturated rings. The summed E-state index contributed by atoms with van der Waals surface area (Å²) in [6.07, 6.45) is -5.31. The molecule has 0 aromatic heterocycles. The van der Waals surface area contributed by atoms with Crippen molar-refractivity contribution in [2.45, 2.75) is 25.1 Å². The summed E-state index contributed by atoms with van der Waals surface area (Å²) in [6.45, 7) is 0. The van der Waals surface area contributed by atoms with Crippen LogP contribution in [0.5, 0.6) is 0 Å². The maximum absolute atomic E-state index is 12.0. The van der Waals surface area contributed by atoms with Crippen molar-refractivity contribution >= 4 is 23.2 Å². The monoisotopic (exact) mass is 271 g/mol. The summed E-state index contributed by atoms with van der Waals surface area (Å²) in [5.41, 5.74) is 6.11. The molecular formula is C10H10Cl2F3N. The second kappa shape index (κ2) is 5.25. The van der Waals surface area contributed by atoms with Crippen LogP contribution in [0.1, 0.15) is 24.4 Å². The van der Waals surface area contributed by atoms with Crippen LogP contribution in [-0.2, 0) is 0 Å². The molecule has 0 bridgehead atoms. The molecule has 1 nitrogen and oxygen atoms in total. The van der Waals surface area contributed by atoms with Gasteiger partial charge in [-0.1, -0.05) is 29.3 Å². The van der Waals surface area contributed by atoms with Crippen LogP contribution in [0.3, 0.4) is 0 Å². The minimum Gasteiger partial charge on any atom is -0.324 e. The zero-order valence-electron chi connectivity index (χ0n) is 8.19. The molecule has 6 heteroatoms. The van der Waals surface area contributed by atoms with Gasteiger partial charge in [0.25, 0.3) is 0 Å². The standard InChI is InChI=1S/C10H10Cl2F3N/c11-6-1-2-7(8(12)5-6)9(16)3-4-10(13,14)15/h1-2,5,9H,3-4,16H2/t9-/m0/s1. The summed E-state index contributed by atoms with van der Waals surface area (Å²) in [6, 6.07) is 3.83. The minimum atomic E-state index is -4.20. The number of nitrogens with two attached hydrogens (primary N) is 1. The highest BCUT2D eigenvalue weighted by molar-refractivity contribution is 6.35. The molecule has 16 heavy (non-hydrogen) atoms. The highest BCUT2D eigenvalue weighted by Gasteiger charge is 2.28. The maximum atomic E-state index is 12.0. The van der Waals surface area contributed by atoms with Gasteiger partial charge < -0.3 is 5.73 Å². The van der Waals surface area contributed by atoms with E-state index in [0.29, 0.717) is 15.6 Å². The Morgan fingerprint density at radius 3 is 2.38 bits per heavy atom. The van der Waals surface area contributed by atoms with Crippen LogP contribution in [0.15, 0.2) is 18.2 Å². The van der Waals surface area contributed by atoms with Crippen molar-refractivity contribution < 1.29 is 13.2 Å². The van der Waals surface area contributed by atoms with Crippen molar-refractivity contribution in [1.29, 1.82) is 0 Å². The third-order valence-corrected chi connectivity index (χ3v) is 2.66. The van der Waals surface area contributed by atoms with Gasteiger partial charge in [-0.05, 0) is 24.1 Å².